The SMILES string of the molecule is O=C(CCCCCCCNC(=O)CCOCCN1CCCCC1)NCCCCC(O)CO. The van der Waals surface area contributed by atoms with E-state index in [1.165, 1.54) is 32.4 Å². The van der Waals surface area contributed by atoms with E-state index in [9.17, 15) is 14.7 Å². The molecule has 1 heterocycles. The number of carbonyl (C=O) groups is 2. The monoisotopic (exact) mass is 457 g/mol. The van der Waals surface area contributed by atoms with Crippen molar-refractivity contribution in [1.82, 2.24) is 15.5 Å². The molecule has 1 aliphatic rings. The number of piperidine rings is 1. The Balaban J connectivity index is 1.79. The van der Waals surface area contributed by atoms with Crippen molar-refractivity contribution in [3.8, 4) is 0 Å². The molecule has 2 amide bonds. The maximum atomic E-state index is 11.8. The summed E-state index contributed by atoms with van der Waals surface area (Å²) in [5.41, 5.74) is 0. The molecule has 0 aromatic heterocycles. The van der Waals surface area contributed by atoms with Gasteiger partial charge in [0.2, 0.25) is 11.8 Å². The van der Waals surface area contributed by atoms with E-state index in [-0.39, 0.29) is 18.4 Å². The van der Waals surface area contributed by atoms with E-state index in [0.717, 1.165) is 51.5 Å². The predicted molar refractivity (Wildman–Crippen MR) is 126 cm³/mol. The molecule has 0 aliphatic carbocycles. The third kappa shape index (κ3) is 17.3. The van der Waals surface area contributed by atoms with Gasteiger partial charge >= 0.3 is 0 Å². The topological polar surface area (TPSA) is 111 Å². The lowest BCUT2D eigenvalue weighted by atomic mass is 10.1. The lowest BCUT2D eigenvalue weighted by molar-refractivity contribution is -0.122. The zero-order valence-electron chi connectivity index (χ0n) is 20.0. The Hall–Kier alpha value is -1.22. The molecule has 8 nitrogen and oxygen atoms in total. The molecule has 4 N–H and O–H groups in total. The summed E-state index contributed by atoms with van der Waals surface area (Å²) in [6.45, 7) is 5.66. The van der Waals surface area contributed by atoms with Crippen LogP contribution in [0, 0.1) is 0 Å². The van der Waals surface area contributed by atoms with Crippen LogP contribution in [0.4, 0.5) is 0 Å². The Kier molecular flexibility index (Phi) is 18.4. The minimum absolute atomic E-state index is 0.0607. The molecule has 0 spiro atoms. The van der Waals surface area contributed by atoms with Crippen molar-refractivity contribution in [2.75, 3.05) is 52.5 Å². The summed E-state index contributed by atoms with van der Waals surface area (Å²) in [7, 11) is 0. The highest BCUT2D eigenvalue weighted by atomic mass is 16.5. The number of amides is 2. The van der Waals surface area contributed by atoms with Crippen LogP contribution in [0.15, 0.2) is 0 Å². The molecular formula is C24H47N3O5. The van der Waals surface area contributed by atoms with Crippen LogP contribution in [-0.4, -0.2) is 85.6 Å². The van der Waals surface area contributed by atoms with Gasteiger partial charge in [0.25, 0.3) is 0 Å². The van der Waals surface area contributed by atoms with Crippen LogP contribution in [0.25, 0.3) is 0 Å². The third-order valence-electron chi connectivity index (χ3n) is 5.87. The van der Waals surface area contributed by atoms with Gasteiger partial charge in [-0.1, -0.05) is 25.7 Å². The number of aliphatic hydroxyl groups excluding tert-OH is 2. The summed E-state index contributed by atoms with van der Waals surface area (Å²) in [4.78, 5) is 26.0. The van der Waals surface area contributed by atoms with Crippen molar-refractivity contribution >= 4 is 11.8 Å². The lowest BCUT2D eigenvalue weighted by Gasteiger charge is -2.26. The first kappa shape index (κ1) is 28.8. The van der Waals surface area contributed by atoms with Gasteiger partial charge < -0.3 is 30.5 Å². The number of nitrogens with zero attached hydrogens (tertiary/aromatic N) is 1. The first-order chi connectivity index (χ1) is 15.6. The van der Waals surface area contributed by atoms with Gasteiger partial charge in [-0.2, -0.15) is 0 Å². The molecule has 0 bridgehead atoms. The molecule has 1 unspecified atom stereocenters. The molecular weight excluding hydrogens is 410 g/mol. The summed E-state index contributed by atoms with van der Waals surface area (Å²) in [6, 6.07) is 0. The summed E-state index contributed by atoms with van der Waals surface area (Å²) < 4.78 is 5.59. The predicted octanol–water partition coefficient (Wildman–Crippen LogP) is 1.98. The molecule has 0 aromatic rings. The quantitative estimate of drug-likeness (QED) is 0.208. The van der Waals surface area contributed by atoms with Crippen LogP contribution < -0.4 is 10.6 Å². The molecule has 8 heteroatoms. The van der Waals surface area contributed by atoms with E-state index in [1.54, 1.807) is 0 Å². The summed E-state index contributed by atoms with van der Waals surface area (Å²) in [5, 5.41) is 23.8. The van der Waals surface area contributed by atoms with Crippen molar-refractivity contribution in [3.63, 3.8) is 0 Å². The fourth-order valence-electron chi connectivity index (χ4n) is 3.81. The highest BCUT2D eigenvalue weighted by Crippen LogP contribution is 2.08. The number of unbranched alkanes of at least 4 members (excludes halogenated alkanes) is 5. The van der Waals surface area contributed by atoms with E-state index in [0.29, 0.717) is 45.6 Å². The molecule has 1 aliphatic heterocycles. The van der Waals surface area contributed by atoms with Crippen LogP contribution in [0.5, 0.6) is 0 Å². The van der Waals surface area contributed by atoms with E-state index in [2.05, 4.69) is 15.5 Å². The van der Waals surface area contributed by atoms with Gasteiger partial charge in [-0.25, -0.2) is 0 Å². The normalized spacial score (nSPS) is 15.4. The van der Waals surface area contributed by atoms with Crippen molar-refractivity contribution in [2.24, 2.45) is 0 Å². The van der Waals surface area contributed by atoms with Crippen LogP contribution in [-0.2, 0) is 14.3 Å². The van der Waals surface area contributed by atoms with E-state index < -0.39 is 6.10 Å². The highest BCUT2D eigenvalue weighted by Gasteiger charge is 2.09. The minimum Gasteiger partial charge on any atom is -0.394 e. The first-order valence-electron chi connectivity index (χ1n) is 12.7. The second-order valence-electron chi connectivity index (χ2n) is 8.81. The largest absolute Gasteiger partial charge is 0.394 e. The van der Waals surface area contributed by atoms with Crippen molar-refractivity contribution in [1.29, 1.82) is 0 Å². The Labute approximate surface area is 194 Å². The smallest absolute Gasteiger partial charge is 0.222 e. The summed E-state index contributed by atoms with van der Waals surface area (Å²) in [6.07, 6.45) is 11.4. The molecule has 32 heavy (non-hydrogen) atoms. The zero-order valence-corrected chi connectivity index (χ0v) is 20.0. The Morgan fingerprint density at radius 2 is 1.44 bits per heavy atom. The molecule has 1 atom stereocenters. The van der Waals surface area contributed by atoms with Gasteiger partial charge in [0.05, 0.1) is 25.9 Å². The highest BCUT2D eigenvalue weighted by molar-refractivity contribution is 5.76. The maximum Gasteiger partial charge on any atom is 0.222 e. The number of nitrogens with one attached hydrogen (secondary N) is 2. The van der Waals surface area contributed by atoms with Crippen molar-refractivity contribution in [2.45, 2.75) is 89.6 Å². The molecule has 1 rings (SSSR count). The second-order valence-corrected chi connectivity index (χ2v) is 8.81. The lowest BCUT2D eigenvalue weighted by Crippen LogP contribution is -2.33. The van der Waals surface area contributed by atoms with Gasteiger partial charge in [-0.05, 0) is 58.0 Å². The number of rotatable bonds is 20. The fraction of sp³-hybridized carbons (Fsp3) is 0.917. The Morgan fingerprint density at radius 3 is 2.16 bits per heavy atom. The van der Waals surface area contributed by atoms with Gasteiger partial charge in [0.1, 0.15) is 0 Å². The standard InChI is InChI=1S/C24H47N3O5/c28-21-22(29)11-6-8-15-25-23(30)12-5-2-1-3-7-14-26-24(31)13-19-32-20-18-27-16-9-4-10-17-27/h22,28-29H,1-21H2,(H,25,30)(H,26,31). The van der Waals surface area contributed by atoms with Gasteiger partial charge in [-0.3, -0.25) is 9.59 Å². The van der Waals surface area contributed by atoms with Gasteiger partial charge in [-0.15, -0.1) is 0 Å². The van der Waals surface area contributed by atoms with Gasteiger partial charge in [0, 0.05) is 32.5 Å². The molecule has 188 valence electrons. The minimum atomic E-state index is -0.646. The number of hydrogen-bond acceptors (Lipinski definition) is 6. The Bertz CT molecular complexity index is 473. The Morgan fingerprint density at radius 1 is 0.812 bits per heavy atom. The van der Waals surface area contributed by atoms with Crippen LogP contribution in [0.1, 0.15) is 83.5 Å². The maximum absolute atomic E-state index is 11.8. The van der Waals surface area contributed by atoms with Crippen molar-refractivity contribution in [3.05, 3.63) is 0 Å². The number of hydrogen-bond donors (Lipinski definition) is 4. The van der Waals surface area contributed by atoms with Crippen LogP contribution >= 0.6 is 0 Å². The van der Waals surface area contributed by atoms with E-state index in [1.807, 2.05) is 0 Å². The van der Waals surface area contributed by atoms with Gasteiger partial charge in [0.15, 0.2) is 0 Å². The molecule has 0 radical (unpaired) electrons. The van der Waals surface area contributed by atoms with Crippen LogP contribution in [0.2, 0.25) is 0 Å². The van der Waals surface area contributed by atoms with Crippen LogP contribution in [0.3, 0.4) is 0 Å². The van der Waals surface area contributed by atoms with Crippen molar-refractivity contribution < 1.29 is 24.5 Å². The summed E-state index contributed by atoms with van der Waals surface area (Å²) >= 11 is 0. The number of likely N-dealkylation sites (tertiary alicyclic amines) is 1. The molecule has 0 aromatic carbocycles. The number of carbonyl (C=O) groups excluding carboxylic acids is 2. The number of aliphatic hydroxyl groups is 2. The first-order valence-corrected chi connectivity index (χ1v) is 12.7. The number of ether oxygens (including phenoxy) is 1. The second kappa shape index (κ2) is 20.4. The average Bonchev–Trinajstić information content (AvgIpc) is 2.80. The van der Waals surface area contributed by atoms with E-state index in [4.69, 9.17) is 9.84 Å². The summed E-state index contributed by atoms with van der Waals surface area (Å²) in [5.74, 6) is 0.142. The fourth-order valence-corrected chi connectivity index (χ4v) is 3.81. The molecule has 0 saturated carbocycles. The third-order valence-corrected chi connectivity index (χ3v) is 5.87. The zero-order chi connectivity index (χ0) is 23.3. The van der Waals surface area contributed by atoms with E-state index >= 15 is 0 Å². The average molecular weight is 458 g/mol. The molecule has 1 saturated heterocycles. The molecule has 1 fully saturated rings.